The van der Waals surface area contributed by atoms with Crippen LogP contribution in [0.5, 0.6) is 0 Å². The van der Waals surface area contributed by atoms with Gasteiger partial charge in [0, 0.05) is 25.7 Å². The van der Waals surface area contributed by atoms with E-state index >= 15 is 0 Å². The SMILES string of the molecule is Cc1nn(C)c(Cl)c1CNCC(C)(O)CO. The minimum Gasteiger partial charge on any atom is -0.393 e. The zero-order valence-corrected chi connectivity index (χ0v) is 10.5. The van der Waals surface area contributed by atoms with E-state index in [0.29, 0.717) is 18.2 Å². The highest BCUT2D eigenvalue weighted by Crippen LogP contribution is 2.18. The van der Waals surface area contributed by atoms with Crippen LogP contribution in [-0.4, -0.2) is 38.7 Å². The van der Waals surface area contributed by atoms with Crippen molar-refractivity contribution in [3.8, 4) is 0 Å². The molecule has 0 aromatic carbocycles. The van der Waals surface area contributed by atoms with E-state index in [0.717, 1.165) is 11.3 Å². The summed E-state index contributed by atoms with van der Waals surface area (Å²) < 4.78 is 1.61. The van der Waals surface area contributed by atoms with Crippen molar-refractivity contribution < 1.29 is 10.2 Å². The van der Waals surface area contributed by atoms with Crippen molar-refractivity contribution in [2.24, 2.45) is 7.05 Å². The Labute approximate surface area is 100 Å². The van der Waals surface area contributed by atoms with Crippen molar-refractivity contribution in [1.29, 1.82) is 0 Å². The Bertz CT molecular complexity index is 363. The molecule has 0 amide bonds. The van der Waals surface area contributed by atoms with Gasteiger partial charge in [-0.2, -0.15) is 5.10 Å². The normalized spacial score (nSPS) is 15.1. The van der Waals surface area contributed by atoms with E-state index in [4.69, 9.17) is 16.7 Å². The van der Waals surface area contributed by atoms with Crippen LogP contribution in [0, 0.1) is 6.92 Å². The number of aromatic nitrogens is 2. The van der Waals surface area contributed by atoms with Crippen LogP contribution in [0.1, 0.15) is 18.2 Å². The molecule has 1 atom stereocenters. The van der Waals surface area contributed by atoms with Crippen LogP contribution < -0.4 is 5.32 Å². The second-order valence-electron chi connectivity index (χ2n) is 4.24. The molecule has 1 unspecified atom stereocenters. The summed E-state index contributed by atoms with van der Waals surface area (Å²) in [7, 11) is 1.78. The van der Waals surface area contributed by atoms with Crippen LogP contribution in [-0.2, 0) is 13.6 Å². The summed E-state index contributed by atoms with van der Waals surface area (Å²) in [6, 6.07) is 0. The summed E-state index contributed by atoms with van der Waals surface area (Å²) in [5.41, 5.74) is 0.671. The first-order valence-electron chi connectivity index (χ1n) is 5.09. The lowest BCUT2D eigenvalue weighted by atomic mass is 10.1. The molecule has 0 spiro atoms. The van der Waals surface area contributed by atoms with E-state index in [1.807, 2.05) is 6.92 Å². The Morgan fingerprint density at radius 2 is 2.19 bits per heavy atom. The third kappa shape index (κ3) is 3.18. The van der Waals surface area contributed by atoms with E-state index in [-0.39, 0.29) is 6.61 Å². The molecule has 1 aromatic rings. The number of aryl methyl sites for hydroxylation is 2. The van der Waals surface area contributed by atoms with Gasteiger partial charge in [0.25, 0.3) is 0 Å². The van der Waals surface area contributed by atoms with Crippen LogP contribution in [0.4, 0.5) is 0 Å². The number of halogens is 1. The van der Waals surface area contributed by atoms with Gasteiger partial charge in [-0.3, -0.25) is 4.68 Å². The highest BCUT2D eigenvalue weighted by atomic mass is 35.5. The fourth-order valence-electron chi connectivity index (χ4n) is 1.39. The predicted molar refractivity (Wildman–Crippen MR) is 62.4 cm³/mol. The zero-order chi connectivity index (χ0) is 12.3. The summed E-state index contributed by atoms with van der Waals surface area (Å²) in [5, 5.41) is 26.3. The van der Waals surface area contributed by atoms with Crippen LogP contribution in [0.25, 0.3) is 0 Å². The number of hydrogen-bond acceptors (Lipinski definition) is 4. The van der Waals surface area contributed by atoms with E-state index in [1.165, 1.54) is 0 Å². The highest BCUT2D eigenvalue weighted by molar-refractivity contribution is 6.30. The molecule has 0 fully saturated rings. The fraction of sp³-hybridized carbons (Fsp3) is 0.700. The van der Waals surface area contributed by atoms with Gasteiger partial charge in [0.2, 0.25) is 0 Å². The number of hydrogen-bond donors (Lipinski definition) is 3. The number of nitrogens with one attached hydrogen (secondary N) is 1. The topological polar surface area (TPSA) is 70.3 Å². The maximum absolute atomic E-state index is 9.58. The third-order valence-corrected chi connectivity index (χ3v) is 2.89. The number of aliphatic hydroxyl groups is 2. The van der Waals surface area contributed by atoms with Gasteiger partial charge in [-0.1, -0.05) is 11.6 Å². The fourth-order valence-corrected chi connectivity index (χ4v) is 1.63. The van der Waals surface area contributed by atoms with Gasteiger partial charge in [0.1, 0.15) is 5.15 Å². The molecule has 1 heterocycles. The second kappa shape index (κ2) is 5.14. The molecule has 16 heavy (non-hydrogen) atoms. The number of aliphatic hydroxyl groups excluding tert-OH is 1. The Morgan fingerprint density at radius 1 is 1.56 bits per heavy atom. The first-order valence-corrected chi connectivity index (χ1v) is 5.47. The minimum absolute atomic E-state index is 0.278. The smallest absolute Gasteiger partial charge is 0.131 e. The summed E-state index contributed by atoms with van der Waals surface area (Å²) in [5.74, 6) is 0. The summed E-state index contributed by atoms with van der Waals surface area (Å²) >= 11 is 6.05. The second-order valence-corrected chi connectivity index (χ2v) is 4.60. The van der Waals surface area contributed by atoms with Gasteiger partial charge in [-0.05, 0) is 13.8 Å². The van der Waals surface area contributed by atoms with E-state index < -0.39 is 5.60 Å². The van der Waals surface area contributed by atoms with Crippen LogP contribution in [0.3, 0.4) is 0 Å². The van der Waals surface area contributed by atoms with Crippen molar-refractivity contribution >= 4 is 11.6 Å². The minimum atomic E-state index is -1.11. The summed E-state index contributed by atoms with van der Waals surface area (Å²) in [6.07, 6.45) is 0. The molecular formula is C10H18ClN3O2. The van der Waals surface area contributed by atoms with Gasteiger partial charge in [-0.15, -0.1) is 0 Å². The molecule has 0 bridgehead atoms. The maximum atomic E-state index is 9.58. The van der Waals surface area contributed by atoms with Gasteiger partial charge in [0.05, 0.1) is 17.9 Å². The van der Waals surface area contributed by atoms with Crippen molar-refractivity contribution in [3.05, 3.63) is 16.4 Å². The monoisotopic (exact) mass is 247 g/mol. The summed E-state index contributed by atoms with van der Waals surface area (Å²) in [6.45, 7) is 3.99. The predicted octanol–water partition coefficient (Wildman–Crippen LogP) is 0.215. The third-order valence-electron chi connectivity index (χ3n) is 2.42. The molecular weight excluding hydrogens is 230 g/mol. The van der Waals surface area contributed by atoms with Gasteiger partial charge < -0.3 is 15.5 Å². The molecule has 1 aromatic heterocycles. The number of nitrogens with zero attached hydrogens (tertiary/aromatic N) is 2. The van der Waals surface area contributed by atoms with Crippen LogP contribution >= 0.6 is 11.6 Å². The lowest BCUT2D eigenvalue weighted by molar-refractivity contribution is 0.00253. The van der Waals surface area contributed by atoms with E-state index in [2.05, 4.69) is 10.4 Å². The van der Waals surface area contributed by atoms with Crippen LogP contribution in [0.2, 0.25) is 5.15 Å². The highest BCUT2D eigenvalue weighted by Gasteiger charge is 2.19. The molecule has 0 aliphatic heterocycles. The standard InChI is InChI=1S/C10H18ClN3O2/c1-7-8(9(11)14(3)13-7)4-12-5-10(2,16)6-15/h12,15-16H,4-6H2,1-3H3. The first kappa shape index (κ1) is 13.4. The molecule has 92 valence electrons. The van der Waals surface area contributed by atoms with E-state index in [1.54, 1.807) is 18.7 Å². The molecule has 0 radical (unpaired) electrons. The Hall–Kier alpha value is -0.620. The lowest BCUT2D eigenvalue weighted by Gasteiger charge is -2.20. The molecule has 0 saturated heterocycles. The average molecular weight is 248 g/mol. The average Bonchev–Trinajstić information content (AvgIpc) is 2.44. The Balaban J connectivity index is 2.55. The van der Waals surface area contributed by atoms with Gasteiger partial charge >= 0.3 is 0 Å². The molecule has 0 saturated carbocycles. The summed E-state index contributed by atoms with van der Waals surface area (Å²) in [4.78, 5) is 0. The Morgan fingerprint density at radius 3 is 2.62 bits per heavy atom. The first-order chi connectivity index (χ1) is 7.37. The van der Waals surface area contributed by atoms with Crippen molar-refractivity contribution in [2.45, 2.75) is 26.0 Å². The zero-order valence-electron chi connectivity index (χ0n) is 9.79. The van der Waals surface area contributed by atoms with Crippen LogP contribution in [0.15, 0.2) is 0 Å². The van der Waals surface area contributed by atoms with Gasteiger partial charge in [0.15, 0.2) is 0 Å². The van der Waals surface area contributed by atoms with Gasteiger partial charge in [-0.25, -0.2) is 0 Å². The molecule has 1 rings (SSSR count). The maximum Gasteiger partial charge on any atom is 0.131 e. The molecule has 0 aliphatic carbocycles. The quantitative estimate of drug-likeness (QED) is 0.696. The van der Waals surface area contributed by atoms with Crippen molar-refractivity contribution in [1.82, 2.24) is 15.1 Å². The molecule has 5 nitrogen and oxygen atoms in total. The van der Waals surface area contributed by atoms with Crippen molar-refractivity contribution in [3.63, 3.8) is 0 Å². The molecule has 6 heteroatoms. The Kier molecular flexibility index (Phi) is 4.32. The van der Waals surface area contributed by atoms with Crippen molar-refractivity contribution in [2.75, 3.05) is 13.2 Å². The lowest BCUT2D eigenvalue weighted by Crippen LogP contribution is -2.40. The molecule has 3 N–H and O–H groups in total. The largest absolute Gasteiger partial charge is 0.393 e. The molecule has 0 aliphatic rings. The van der Waals surface area contributed by atoms with E-state index in [9.17, 15) is 5.11 Å². The number of rotatable bonds is 5.